The Labute approximate surface area is 162 Å². The lowest BCUT2D eigenvalue weighted by atomic mass is 10.0. The number of Topliss-reactive ketones (excluding diaryl/α,β-unsaturated/α-hetero) is 1. The lowest BCUT2D eigenvalue weighted by Gasteiger charge is -2.08. The molecule has 3 aromatic rings. The third-order valence-electron chi connectivity index (χ3n) is 4.02. The predicted molar refractivity (Wildman–Crippen MR) is 95.3 cm³/mol. The second-order valence-electron chi connectivity index (χ2n) is 6.18. The number of ketones is 1. The van der Waals surface area contributed by atoms with Crippen LogP contribution in [0.15, 0.2) is 36.5 Å². The van der Waals surface area contributed by atoms with Crippen molar-refractivity contribution >= 4 is 22.7 Å². The van der Waals surface area contributed by atoms with E-state index in [2.05, 4.69) is 10.1 Å². The van der Waals surface area contributed by atoms with Crippen molar-refractivity contribution < 1.29 is 32.6 Å². The molecule has 1 aromatic carbocycles. The molecule has 0 spiro atoms. The second-order valence-corrected chi connectivity index (χ2v) is 6.18. The highest BCUT2D eigenvalue weighted by molar-refractivity contribution is 5.97. The molecule has 0 amide bonds. The van der Waals surface area contributed by atoms with Crippen LogP contribution in [0.1, 0.15) is 28.7 Å². The molecule has 0 aliphatic rings. The van der Waals surface area contributed by atoms with Gasteiger partial charge in [0.1, 0.15) is 23.7 Å². The van der Waals surface area contributed by atoms with Gasteiger partial charge in [0.15, 0.2) is 5.78 Å². The summed E-state index contributed by atoms with van der Waals surface area (Å²) in [7, 11) is 0. The Hall–Kier alpha value is -3.43. The van der Waals surface area contributed by atoms with Crippen LogP contribution in [-0.2, 0) is 28.7 Å². The lowest BCUT2D eigenvalue weighted by molar-refractivity contribution is -0.144. The number of pyridine rings is 1. The number of phenols is 1. The minimum Gasteiger partial charge on any atom is -0.508 e. The molecule has 0 bridgehead atoms. The number of hydrogen-bond acceptors (Lipinski definition) is 6. The van der Waals surface area contributed by atoms with Gasteiger partial charge in [0.05, 0.1) is 12.1 Å². The third-order valence-corrected chi connectivity index (χ3v) is 4.02. The van der Waals surface area contributed by atoms with E-state index >= 15 is 0 Å². The zero-order chi connectivity index (χ0) is 21.2. The molecule has 0 aliphatic heterocycles. The number of aromatic nitrogens is 3. The summed E-state index contributed by atoms with van der Waals surface area (Å²) in [6.45, 7) is 1.79. The monoisotopic (exact) mass is 407 g/mol. The van der Waals surface area contributed by atoms with Crippen molar-refractivity contribution in [2.45, 2.75) is 26.1 Å². The molecular formula is C19H16F3N3O4. The predicted octanol–water partition coefficient (Wildman–Crippen LogP) is 3.14. The fraction of sp³-hybridized carbons (Fsp3) is 0.263. The number of ether oxygens (including phenoxy) is 1. The smallest absolute Gasteiger partial charge is 0.433 e. The van der Waals surface area contributed by atoms with Crippen LogP contribution in [0, 0.1) is 0 Å². The quantitative estimate of drug-likeness (QED) is 0.498. The molecule has 0 unspecified atom stereocenters. The van der Waals surface area contributed by atoms with Crippen LogP contribution < -0.4 is 0 Å². The average molecular weight is 407 g/mol. The molecule has 2 aromatic heterocycles. The molecule has 2 heterocycles. The molecule has 0 saturated carbocycles. The summed E-state index contributed by atoms with van der Waals surface area (Å²) in [4.78, 5) is 27.3. The zero-order valence-electron chi connectivity index (χ0n) is 15.2. The molecule has 10 heteroatoms. The van der Waals surface area contributed by atoms with Gasteiger partial charge in [-0.25, -0.2) is 4.98 Å². The van der Waals surface area contributed by atoms with Crippen molar-refractivity contribution in [2.24, 2.45) is 0 Å². The number of halogens is 3. The van der Waals surface area contributed by atoms with Crippen LogP contribution in [0.5, 0.6) is 5.75 Å². The van der Waals surface area contributed by atoms with Crippen molar-refractivity contribution in [1.29, 1.82) is 0 Å². The standard InChI is InChI=1S/C19H16F3N3O4/c1-2-29-18(28)10-25-9-12-6-11(15(26)8-14(12)24-25)7-16(27)13-4-3-5-17(23-13)19(20,21)22/h3-6,8-9,26H,2,7,10H2,1H3. The number of fused-ring (bicyclic) bond motifs is 1. The van der Waals surface area contributed by atoms with E-state index in [1.54, 1.807) is 13.1 Å². The maximum atomic E-state index is 12.8. The van der Waals surface area contributed by atoms with E-state index in [9.17, 15) is 27.9 Å². The highest BCUT2D eigenvalue weighted by Crippen LogP contribution is 2.28. The van der Waals surface area contributed by atoms with Gasteiger partial charge in [-0.1, -0.05) is 6.07 Å². The molecule has 3 rings (SSSR count). The molecule has 0 aliphatic carbocycles. The molecule has 152 valence electrons. The van der Waals surface area contributed by atoms with Crippen LogP contribution in [0.25, 0.3) is 10.9 Å². The maximum Gasteiger partial charge on any atom is 0.433 e. The van der Waals surface area contributed by atoms with Crippen LogP contribution in [-0.4, -0.2) is 38.2 Å². The van der Waals surface area contributed by atoms with Crippen molar-refractivity contribution in [2.75, 3.05) is 6.61 Å². The number of hydrogen-bond donors (Lipinski definition) is 1. The van der Waals surface area contributed by atoms with E-state index in [1.165, 1.54) is 22.9 Å². The Balaban J connectivity index is 1.83. The highest BCUT2D eigenvalue weighted by atomic mass is 19.4. The molecule has 0 atom stereocenters. The molecule has 29 heavy (non-hydrogen) atoms. The maximum absolute atomic E-state index is 12.8. The van der Waals surface area contributed by atoms with Crippen LogP contribution in [0.3, 0.4) is 0 Å². The summed E-state index contributed by atoms with van der Waals surface area (Å²) in [5, 5.41) is 14.9. The number of esters is 1. The Morgan fingerprint density at radius 1 is 1.24 bits per heavy atom. The number of nitrogens with zero attached hydrogens (tertiary/aromatic N) is 3. The second kappa shape index (κ2) is 7.90. The molecular weight excluding hydrogens is 391 g/mol. The average Bonchev–Trinajstić information content (AvgIpc) is 3.02. The number of carbonyl (C=O) groups excluding carboxylic acids is 2. The van der Waals surface area contributed by atoms with Gasteiger partial charge in [0, 0.05) is 29.6 Å². The minimum atomic E-state index is -4.66. The molecule has 1 N–H and O–H groups in total. The third kappa shape index (κ3) is 4.71. The molecule has 0 radical (unpaired) electrons. The number of benzene rings is 1. The van der Waals surface area contributed by atoms with E-state index in [0.29, 0.717) is 10.9 Å². The summed E-state index contributed by atoms with van der Waals surface area (Å²) in [5.74, 6) is -1.39. The first-order valence-corrected chi connectivity index (χ1v) is 8.59. The lowest BCUT2D eigenvalue weighted by Crippen LogP contribution is -2.13. The Bertz CT molecular complexity index is 1080. The Kier molecular flexibility index (Phi) is 5.53. The first-order valence-electron chi connectivity index (χ1n) is 8.59. The van der Waals surface area contributed by atoms with E-state index in [-0.39, 0.29) is 36.6 Å². The van der Waals surface area contributed by atoms with Gasteiger partial charge in [-0.05, 0) is 25.1 Å². The molecule has 0 saturated heterocycles. The summed E-state index contributed by atoms with van der Waals surface area (Å²) in [6, 6.07) is 5.87. The van der Waals surface area contributed by atoms with Gasteiger partial charge < -0.3 is 9.84 Å². The van der Waals surface area contributed by atoms with Crippen molar-refractivity contribution in [1.82, 2.24) is 14.8 Å². The first kappa shape index (κ1) is 20.3. The van der Waals surface area contributed by atoms with E-state index in [4.69, 9.17) is 4.74 Å². The van der Waals surface area contributed by atoms with Gasteiger partial charge in [-0.15, -0.1) is 0 Å². The zero-order valence-corrected chi connectivity index (χ0v) is 15.2. The number of carbonyl (C=O) groups is 2. The summed E-state index contributed by atoms with van der Waals surface area (Å²) >= 11 is 0. The number of phenolic OH excluding ortho intramolecular Hbond substituents is 1. The van der Waals surface area contributed by atoms with Crippen LogP contribution >= 0.6 is 0 Å². The Morgan fingerprint density at radius 3 is 2.69 bits per heavy atom. The van der Waals surface area contributed by atoms with Crippen molar-refractivity contribution in [3.05, 3.63) is 53.5 Å². The van der Waals surface area contributed by atoms with Crippen LogP contribution in [0.4, 0.5) is 13.2 Å². The summed E-state index contributed by atoms with van der Waals surface area (Å²) < 4.78 is 44.5. The van der Waals surface area contributed by atoms with E-state index < -0.39 is 23.6 Å². The molecule has 0 fully saturated rings. The first-order chi connectivity index (χ1) is 13.7. The van der Waals surface area contributed by atoms with Gasteiger partial charge >= 0.3 is 12.1 Å². The largest absolute Gasteiger partial charge is 0.508 e. The normalized spacial score (nSPS) is 11.6. The van der Waals surface area contributed by atoms with Crippen molar-refractivity contribution in [3.8, 4) is 5.75 Å². The fourth-order valence-electron chi connectivity index (χ4n) is 2.73. The number of alkyl halides is 3. The van der Waals surface area contributed by atoms with Gasteiger partial charge in [-0.3, -0.25) is 14.3 Å². The number of aromatic hydroxyl groups is 1. The highest BCUT2D eigenvalue weighted by Gasteiger charge is 2.33. The fourth-order valence-corrected chi connectivity index (χ4v) is 2.73. The Morgan fingerprint density at radius 2 is 2.00 bits per heavy atom. The summed E-state index contributed by atoms with van der Waals surface area (Å²) in [5.41, 5.74) is -0.918. The molecule has 7 nitrogen and oxygen atoms in total. The SMILES string of the molecule is CCOC(=O)Cn1cc2cc(CC(=O)c3cccc(C(F)(F)F)n3)c(O)cc2n1. The van der Waals surface area contributed by atoms with Gasteiger partial charge in [0.2, 0.25) is 0 Å². The minimum absolute atomic E-state index is 0.119. The van der Waals surface area contributed by atoms with Gasteiger partial charge in [-0.2, -0.15) is 18.3 Å². The topological polar surface area (TPSA) is 94.3 Å². The van der Waals surface area contributed by atoms with Crippen molar-refractivity contribution in [3.63, 3.8) is 0 Å². The van der Waals surface area contributed by atoms with Crippen LogP contribution in [0.2, 0.25) is 0 Å². The van der Waals surface area contributed by atoms with E-state index in [0.717, 1.165) is 12.1 Å². The number of rotatable bonds is 6. The van der Waals surface area contributed by atoms with Gasteiger partial charge in [0.25, 0.3) is 0 Å². The summed E-state index contributed by atoms with van der Waals surface area (Å²) in [6.07, 6.45) is -3.47. The van der Waals surface area contributed by atoms with E-state index in [1.807, 2.05) is 0 Å².